The summed E-state index contributed by atoms with van der Waals surface area (Å²) >= 11 is 5.28. The maximum Gasteiger partial charge on any atom is 0.240 e. The molecule has 8 heteroatoms. The number of amides is 1. The molecule has 0 radical (unpaired) electrons. The van der Waals surface area contributed by atoms with Crippen molar-refractivity contribution in [3.05, 3.63) is 59.1 Å². The van der Waals surface area contributed by atoms with Gasteiger partial charge in [0.2, 0.25) is 5.91 Å². The number of benzene rings is 1. The predicted molar refractivity (Wildman–Crippen MR) is 100 cm³/mol. The van der Waals surface area contributed by atoms with E-state index >= 15 is 0 Å². The average Bonchev–Trinajstić information content (AvgIpc) is 3.03. The third kappa shape index (κ3) is 3.97. The predicted octanol–water partition coefficient (Wildman–Crippen LogP) is 2.89. The van der Waals surface area contributed by atoms with Crippen molar-refractivity contribution in [3.8, 4) is 17.1 Å². The van der Waals surface area contributed by atoms with E-state index in [2.05, 4.69) is 20.5 Å². The van der Waals surface area contributed by atoms with E-state index in [0.29, 0.717) is 10.6 Å². The minimum absolute atomic E-state index is 0.0755. The van der Waals surface area contributed by atoms with Crippen molar-refractivity contribution in [2.24, 2.45) is 0 Å². The number of ether oxygens (including phenoxy) is 1. The summed E-state index contributed by atoms with van der Waals surface area (Å²) in [6.07, 6.45) is 3.40. The van der Waals surface area contributed by atoms with Gasteiger partial charge in [0.25, 0.3) is 0 Å². The van der Waals surface area contributed by atoms with Crippen LogP contribution in [0.3, 0.4) is 0 Å². The van der Waals surface area contributed by atoms with Gasteiger partial charge in [0.05, 0.1) is 13.2 Å². The van der Waals surface area contributed by atoms with E-state index < -0.39 is 0 Å². The number of hydrogen-bond acceptors (Lipinski definition) is 5. The lowest BCUT2D eigenvalue weighted by Gasteiger charge is -2.15. The van der Waals surface area contributed by atoms with E-state index in [-0.39, 0.29) is 18.5 Å². The monoisotopic (exact) mass is 369 g/mol. The van der Waals surface area contributed by atoms with E-state index in [9.17, 15) is 4.79 Å². The molecule has 7 nitrogen and oxygen atoms in total. The van der Waals surface area contributed by atoms with Crippen LogP contribution in [0.2, 0.25) is 0 Å². The van der Waals surface area contributed by atoms with E-state index in [1.165, 1.54) is 0 Å². The van der Waals surface area contributed by atoms with E-state index in [4.69, 9.17) is 17.0 Å². The van der Waals surface area contributed by atoms with Gasteiger partial charge >= 0.3 is 0 Å². The second-order valence-electron chi connectivity index (χ2n) is 5.74. The van der Waals surface area contributed by atoms with Crippen LogP contribution in [-0.2, 0) is 11.3 Å². The third-order valence-corrected chi connectivity index (χ3v) is 4.30. The Morgan fingerprint density at radius 1 is 1.27 bits per heavy atom. The first-order valence-electron chi connectivity index (χ1n) is 8.07. The molecule has 1 amide bonds. The number of pyridine rings is 1. The van der Waals surface area contributed by atoms with Gasteiger partial charge in [-0.05, 0) is 61.1 Å². The summed E-state index contributed by atoms with van der Waals surface area (Å²) in [7, 11) is 1.61. The van der Waals surface area contributed by atoms with E-state index in [1.807, 2.05) is 43.3 Å². The topological polar surface area (TPSA) is 84.8 Å². The highest BCUT2D eigenvalue weighted by Crippen LogP contribution is 2.21. The first kappa shape index (κ1) is 17.8. The van der Waals surface area contributed by atoms with Gasteiger partial charge in [-0.25, -0.2) is 0 Å². The maximum absolute atomic E-state index is 12.5. The minimum atomic E-state index is -0.151. The largest absolute Gasteiger partial charge is 0.497 e. The fourth-order valence-corrected chi connectivity index (χ4v) is 2.79. The Morgan fingerprint density at radius 2 is 1.96 bits per heavy atom. The number of nitrogens with one attached hydrogen (secondary N) is 2. The molecule has 2 N–H and O–H groups in total. The maximum atomic E-state index is 12.5. The zero-order valence-corrected chi connectivity index (χ0v) is 15.3. The summed E-state index contributed by atoms with van der Waals surface area (Å²) in [5.41, 5.74) is 1.83. The molecule has 0 aliphatic carbocycles. The number of carbonyl (C=O) groups is 1. The standard InChI is InChI=1S/C18H19N5O2S/c1-12(13-7-9-19-10-8-13)20-16(24)11-23-17(21-22-18(23)26)14-3-5-15(25-2)6-4-14/h3-10,12H,11H2,1-2H3,(H,20,24)(H,22,26)/t12-/m1/s1. The molecule has 0 saturated carbocycles. The molecule has 0 bridgehead atoms. The Kier molecular flexibility index (Phi) is 5.43. The Hall–Kier alpha value is -3.00. The molecule has 0 aliphatic rings. The second-order valence-corrected chi connectivity index (χ2v) is 6.12. The van der Waals surface area contributed by atoms with Crippen LogP contribution in [0.15, 0.2) is 48.8 Å². The average molecular weight is 369 g/mol. The number of aromatic amines is 1. The molecule has 0 aliphatic heterocycles. The Labute approximate surface area is 156 Å². The van der Waals surface area contributed by atoms with Crippen molar-refractivity contribution in [3.63, 3.8) is 0 Å². The molecule has 2 heterocycles. The van der Waals surface area contributed by atoms with Crippen molar-refractivity contribution in [1.29, 1.82) is 0 Å². The molecule has 0 fully saturated rings. The molecule has 3 rings (SSSR count). The van der Waals surface area contributed by atoms with Crippen LogP contribution in [0.1, 0.15) is 18.5 Å². The van der Waals surface area contributed by atoms with Crippen LogP contribution in [-0.4, -0.2) is 32.8 Å². The molecule has 1 aromatic carbocycles. The lowest BCUT2D eigenvalue weighted by atomic mass is 10.1. The number of hydrogen-bond donors (Lipinski definition) is 2. The number of aromatic nitrogens is 4. The van der Waals surface area contributed by atoms with Crippen LogP contribution in [0, 0.1) is 4.77 Å². The Morgan fingerprint density at radius 3 is 2.62 bits per heavy atom. The molecule has 0 saturated heterocycles. The summed E-state index contributed by atoms with van der Waals surface area (Å²) in [4.78, 5) is 16.5. The van der Waals surface area contributed by atoms with Crippen LogP contribution >= 0.6 is 12.2 Å². The van der Waals surface area contributed by atoms with Gasteiger partial charge in [0.1, 0.15) is 12.3 Å². The number of rotatable bonds is 6. The molecule has 134 valence electrons. The first-order valence-corrected chi connectivity index (χ1v) is 8.48. The summed E-state index contributed by atoms with van der Waals surface area (Å²) in [6, 6.07) is 11.0. The summed E-state index contributed by atoms with van der Waals surface area (Å²) in [5, 5.41) is 9.96. The quantitative estimate of drug-likeness (QED) is 0.653. The lowest BCUT2D eigenvalue weighted by Crippen LogP contribution is -2.30. The summed E-state index contributed by atoms with van der Waals surface area (Å²) in [6.45, 7) is 2.00. The highest BCUT2D eigenvalue weighted by molar-refractivity contribution is 7.71. The SMILES string of the molecule is COc1ccc(-c2n[nH]c(=S)n2CC(=O)N[C@H](C)c2ccncc2)cc1. The van der Waals surface area contributed by atoms with Crippen molar-refractivity contribution in [2.45, 2.75) is 19.5 Å². The van der Waals surface area contributed by atoms with Crippen LogP contribution in [0.5, 0.6) is 5.75 Å². The summed E-state index contributed by atoms with van der Waals surface area (Å²) < 4.78 is 7.23. The normalized spacial score (nSPS) is 11.8. The molecule has 3 aromatic rings. The highest BCUT2D eigenvalue weighted by Gasteiger charge is 2.15. The number of H-pyrrole nitrogens is 1. The Bertz CT molecular complexity index is 934. The highest BCUT2D eigenvalue weighted by atomic mass is 32.1. The second kappa shape index (κ2) is 7.92. The van der Waals surface area contributed by atoms with Gasteiger partial charge in [-0.3, -0.25) is 19.4 Å². The van der Waals surface area contributed by atoms with Crippen molar-refractivity contribution in [2.75, 3.05) is 7.11 Å². The molecular formula is C18H19N5O2S. The molecular weight excluding hydrogens is 350 g/mol. The molecule has 2 aromatic heterocycles. The first-order chi connectivity index (χ1) is 12.6. The zero-order valence-electron chi connectivity index (χ0n) is 14.5. The third-order valence-electron chi connectivity index (χ3n) is 3.99. The van der Waals surface area contributed by atoms with Crippen molar-refractivity contribution >= 4 is 18.1 Å². The van der Waals surface area contributed by atoms with E-state index in [0.717, 1.165) is 16.9 Å². The molecule has 0 spiro atoms. The summed E-state index contributed by atoms with van der Waals surface area (Å²) in [5.74, 6) is 1.20. The van der Waals surface area contributed by atoms with Gasteiger partial charge < -0.3 is 10.1 Å². The van der Waals surface area contributed by atoms with Crippen molar-refractivity contribution in [1.82, 2.24) is 25.1 Å². The number of methoxy groups -OCH3 is 1. The fraction of sp³-hybridized carbons (Fsp3) is 0.222. The van der Waals surface area contributed by atoms with Gasteiger partial charge in [-0.1, -0.05) is 0 Å². The molecule has 26 heavy (non-hydrogen) atoms. The van der Waals surface area contributed by atoms with Gasteiger partial charge in [-0.15, -0.1) is 0 Å². The van der Waals surface area contributed by atoms with Crippen molar-refractivity contribution < 1.29 is 9.53 Å². The van der Waals surface area contributed by atoms with Crippen LogP contribution < -0.4 is 10.1 Å². The number of carbonyl (C=O) groups excluding carboxylic acids is 1. The zero-order chi connectivity index (χ0) is 18.5. The van der Waals surface area contributed by atoms with Gasteiger partial charge in [0.15, 0.2) is 10.6 Å². The van der Waals surface area contributed by atoms with Gasteiger partial charge in [-0.2, -0.15) is 5.10 Å². The van der Waals surface area contributed by atoms with Gasteiger partial charge in [0, 0.05) is 18.0 Å². The minimum Gasteiger partial charge on any atom is -0.497 e. The van der Waals surface area contributed by atoms with Crippen LogP contribution in [0.25, 0.3) is 11.4 Å². The van der Waals surface area contributed by atoms with Crippen LogP contribution in [0.4, 0.5) is 0 Å². The lowest BCUT2D eigenvalue weighted by molar-refractivity contribution is -0.122. The van der Waals surface area contributed by atoms with E-state index in [1.54, 1.807) is 24.1 Å². The molecule has 0 unspecified atom stereocenters. The number of nitrogens with zero attached hydrogens (tertiary/aromatic N) is 3. The molecule has 1 atom stereocenters. The fourth-order valence-electron chi connectivity index (χ4n) is 2.59. The Balaban J connectivity index is 1.76. The smallest absolute Gasteiger partial charge is 0.240 e.